The molecule has 4 rings (SSSR count). The molecule has 132 valence electrons. The van der Waals surface area contributed by atoms with Gasteiger partial charge in [-0.3, -0.25) is 9.69 Å². The van der Waals surface area contributed by atoms with Gasteiger partial charge in [0.1, 0.15) is 0 Å². The first-order valence-corrected chi connectivity index (χ1v) is 9.17. The minimum Gasteiger partial charge on any atom is -0.348 e. The smallest absolute Gasteiger partial charge is 0.219 e. The van der Waals surface area contributed by atoms with Crippen LogP contribution in [0.5, 0.6) is 0 Å². The minimum absolute atomic E-state index is 0.213. The zero-order chi connectivity index (χ0) is 17.4. The monoisotopic (exact) mass is 338 g/mol. The maximum absolute atomic E-state index is 12.2. The highest BCUT2D eigenvalue weighted by Gasteiger charge is 2.46. The number of H-pyrrole nitrogens is 1. The van der Waals surface area contributed by atoms with Crippen molar-refractivity contribution in [2.75, 3.05) is 19.6 Å². The summed E-state index contributed by atoms with van der Waals surface area (Å²) in [5.41, 5.74) is 3.65. The van der Waals surface area contributed by atoms with Gasteiger partial charge >= 0.3 is 0 Å². The van der Waals surface area contributed by atoms with E-state index in [0.717, 1.165) is 44.0 Å². The highest BCUT2D eigenvalue weighted by Crippen LogP contribution is 2.41. The molecule has 0 spiro atoms. The highest BCUT2D eigenvalue weighted by atomic mass is 16.2. The summed E-state index contributed by atoms with van der Waals surface area (Å²) in [6.45, 7) is 7.59. The Kier molecular flexibility index (Phi) is 4.34. The summed E-state index contributed by atoms with van der Waals surface area (Å²) >= 11 is 0. The number of nitrogens with one attached hydrogen (secondary N) is 1. The van der Waals surface area contributed by atoms with Gasteiger partial charge in [-0.25, -0.2) is 4.98 Å². The lowest BCUT2D eigenvalue weighted by Crippen LogP contribution is -2.47. The zero-order valence-electron chi connectivity index (χ0n) is 15.0. The van der Waals surface area contributed by atoms with Gasteiger partial charge in [-0.1, -0.05) is 30.3 Å². The summed E-state index contributed by atoms with van der Waals surface area (Å²) in [7, 11) is 0. The summed E-state index contributed by atoms with van der Waals surface area (Å²) in [4.78, 5) is 24.4. The number of aromatic amines is 1. The first-order valence-electron chi connectivity index (χ1n) is 9.17. The number of fused-ring (bicyclic) bond motifs is 1. The predicted octanol–water partition coefficient (Wildman–Crippen LogP) is 2.55. The van der Waals surface area contributed by atoms with Gasteiger partial charge in [0, 0.05) is 56.7 Å². The second-order valence-electron chi connectivity index (χ2n) is 7.42. The second kappa shape index (κ2) is 6.64. The molecule has 0 aliphatic carbocycles. The van der Waals surface area contributed by atoms with Gasteiger partial charge in [0.15, 0.2) is 0 Å². The van der Waals surface area contributed by atoms with Gasteiger partial charge in [-0.05, 0) is 18.9 Å². The molecule has 5 heteroatoms. The van der Waals surface area contributed by atoms with Gasteiger partial charge in [-0.15, -0.1) is 0 Å². The topological polar surface area (TPSA) is 52.2 Å². The molecule has 0 saturated carbocycles. The van der Waals surface area contributed by atoms with Crippen molar-refractivity contribution < 1.29 is 4.79 Å². The summed E-state index contributed by atoms with van der Waals surface area (Å²) in [6.07, 6.45) is 2.83. The van der Waals surface area contributed by atoms with E-state index in [1.807, 2.05) is 0 Å². The van der Waals surface area contributed by atoms with E-state index in [9.17, 15) is 4.79 Å². The fourth-order valence-corrected chi connectivity index (χ4v) is 4.62. The molecular weight excluding hydrogens is 312 g/mol. The van der Waals surface area contributed by atoms with Crippen molar-refractivity contribution in [3.8, 4) is 0 Å². The van der Waals surface area contributed by atoms with Gasteiger partial charge < -0.3 is 9.88 Å². The molecule has 2 aromatic rings. The SMILES string of the molecule is CC(=O)N1C[C@H](c2ccccc2)[C@H]2CN(Cc3nc[nH]c3C)CC[C@H]21. The van der Waals surface area contributed by atoms with Crippen LogP contribution in [0, 0.1) is 12.8 Å². The number of imidazole rings is 1. The fraction of sp³-hybridized carbons (Fsp3) is 0.500. The van der Waals surface area contributed by atoms with Crippen molar-refractivity contribution in [1.82, 2.24) is 19.8 Å². The lowest BCUT2D eigenvalue weighted by Gasteiger charge is -2.38. The summed E-state index contributed by atoms with van der Waals surface area (Å²) in [6, 6.07) is 11.1. The van der Waals surface area contributed by atoms with Crippen LogP contribution in [0.1, 0.15) is 36.2 Å². The molecule has 3 heterocycles. The Bertz CT molecular complexity index is 741. The van der Waals surface area contributed by atoms with Crippen LogP contribution in [-0.4, -0.2) is 51.4 Å². The standard InChI is InChI=1S/C20H26N4O/c1-14-19(22-13-21-14)12-23-9-8-20-18(10-23)17(11-24(20)15(2)25)16-6-4-3-5-7-16/h3-7,13,17-18,20H,8-12H2,1-2H3,(H,21,22)/t17-,18-,20-/m1/s1. The number of benzene rings is 1. The number of likely N-dealkylation sites (tertiary alicyclic amines) is 2. The third-order valence-electron chi connectivity index (χ3n) is 5.95. The molecule has 1 N–H and O–H groups in total. The Morgan fingerprint density at radius 2 is 2.08 bits per heavy atom. The number of aryl methyl sites for hydroxylation is 1. The van der Waals surface area contributed by atoms with Gasteiger partial charge in [0.05, 0.1) is 12.0 Å². The molecular formula is C20H26N4O. The van der Waals surface area contributed by atoms with Crippen molar-refractivity contribution in [3.63, 3.8) is 0 Å². The fourth-order valence-electron chi connectivity index (χ4n) is 4.62. The Morgan fingerprint density at radius 1 is 1.28 bits per heavy atom. The Hall–Kier alpha value is -2.14. The van der Waals surface area contributed by atoms with E-state index < -0.39 is 0 Å². The third kappa shape index (κ3) is 3.09. The average molecular weight is 338 g/mol. The van der Waals surface area contributed by atoms with Crippen LogP contribution >= 0.6 is 0 Å². The van der Waals surface area contributed by atoms with E-state index in [0.29, 0.717) is 17.9 Å². The molecule has 2 aliphatic heterocycles. The maximum atomic E-state index is 12.2. The van der Waals surface area contributed by atoms with Gasteiger partial charge in [-0.2, -0.15) is 0 Å². The Balaban J connectivity index is 1.56. The second-order valence-corrected chi connectivity index (χ2v) is 7.42. The number of piperidine rings is 1. The molecule has 25 heavy (non-hydrogen) atoms. The number of hydrogen-bond donors (Lipinski definition) is 1. The summed E-state index contributed by atoms with van der Waals surface area (Å²) < 4.78 is 0. The third-order valence-corrected chi connectivity index (χ3v) is 5.95. The van der Waals surface area contributed by atoms with E-state index in [-0.39, 0.29) is 5.91 Å². The molecule has 0 bridgehead atoms. The molecule has 2 fully saturated rings. The Morgan fingerprint density at radius 3 is 2.76 bits per heavy atom. The molecule has 1 amide bonds. The van der Waals surface area contributed by atoms with Crippen molar-refractivity contribution in [2.24, 2.45) is 5.92 Å². The first kappa shape index (κ1) is 16.3. The molecule has 0 radical (unpaired) electrons. The van der Waals surface area contributed by atoms with E-state index >= 15 is 0 Å². The lowest BCUT2D eigenvalue weighted by molar-refractivity contribution is -0.130. The van der Waals surface area contributed by atoms with Crippen LogP contribution in [0.4, 0.5) is 0 Å². The molecule has 5 nitrogen and oxygen atoms in total. The van der Waals surface area contributed by atoms with Crippen molar-refractivity contribution in [2.45, 2.75) is 38.8 Å². The van der Waals surface area contributed by atoms with Crippen LogP contribution in [0.25, 0.3) is 0 Å². The minimum atomic E-state index is 0.213. The quantitative estimate of drug-likeness (QED) is 0.936. The number of nitrogens with zero attached hydrogens (tertiary/aromatic N) is 3. The number of amides is 1. The van der Waals surface area contributed by atoms with Crippen LogP contribution in [0.3, 0.4) is 0 Å². The van der Waals surface area contributed by atoms with E-state index in [2.05, 4.69) is 57.0 Å². The molecule has 3 atom stereocenters. The maximum Gasteiger partial charge on any atom is 0.219 e. The van der Waals surface area contributed by atoms with Gasteiger partial charge in [0.2, 0.25) is 5.91 Å². The van der Waals surface area contributed by atoms with Crippen LogP contribution in [-0.2, 0) is 11.3 Å². The summed E-state index contributed by atoms with van der Waals surface area (Å²) in [5.74, 6) is 1.14. The Labute approximate surface area is 149 Å². The predicted molar refractivity (Wildman–Crippen MR) is 97.1 cm³/mol. The normalized spacial score (nSPS) is 26.6. The number of carbonyl (C=O) groups excluding carboxylic acids is 1. The van der Waals surface area contributed by atoms with Crippen molar-refractivity contribution >= 4 is 5.91 Å². The molecule has 2 saturated heterocycles. The van der Waals surface area contributed by atoms with Crippen molar-refractivity contribution in [3.05, 3.63) is 53.6 Å². The average Bonchev–Trinajstić information content (AvgIpc) is 3.19. The van der Waals surface area contributed by atoms with Gasteiger partial charge in [0.25, 0.3) is 0 Å². The van der Waals surface area contributed by atoms with Crippen LogP contribution in [0.15, 0.2) is 36.7 Å². The van der Waals surface area contributed by atoms with Crippen molar-refractivity contribution in [1.29, 1.82) is 0 Å². The molecule has 1 aromatic heterocycles. The molecule has 2 aliphatic rings. The lowest BCUT2D eigenvalue weighted by atomic mass is 9.82. The largest absolute Gasteiger partial charge is 0.348 e. The van der Waals surface area contributed by atoms with E-state index in [1.54, 1.807) is 13.3 Å². The molecule has 1 aromatic carbocycles. The summed E-state index contributed by atoms with van der Waals surface area (Å²) in [5, 5.41) is 0. The van der Waals surface area contributed by atoms with E-state index in [1.165, 1.54) is 5.56 Å². The van der Waals surface area contributed by atoms with Crippen LogP contribution < -0.4 is 0 Å². The number of carbonyl (C=O) groups is 1. The number of rotatable bonds is 3. The highest BCUT2D eigenvalue weighted by molar-refractivity contribution is 5.74. The zero-order valence-corrected chi connectivity index (χ0v) is 15.0. The van der Waals surface area contributed by atoms with Crippen LogP contribution in [0.2, 0.25) is 0 Å². The first-order chi connectivity index (χ1) is 12.1. The molecule has 0 unspecified atom stereocenters. The number of aromatic nitrogens is 2. The number of hydrogen-bond acceptors (Lipinski definition) is 3. The van der Waals surface area contributed by atoms with E-state index in [4.69, 9.17) is 0 Å².